The Morgan fingerprint density at radius 2 is 1.70 bits per heavy atom. The van der Waals surface area contributed by atoms with Crippen LogP contribution in [0.5, 0.6) is 5.75 Å². The zero-order valence-corrected chi connectivity index (χ0v) is 14.6. The number of pyridine rings is 1. The van der Waals surface area contributed by atoms with Gasteiger partial charge in [0.15, 0.2) is 5.65 Å². The zero-order chi connectivity index (χ0) is 19.9. The van der Waals surface area contributed by atoms with Crippen molar-refractivity contribution in [2.45, 2.75) is 13.3 Å². The van der Waals surface area contributed by atoms with Crippen LogP contribution in [0.3, 0.4) is 0 Å². The number of ether oxygens (including phenoxy) is 1. The molecule has 3 aromatic rings. The molecule has 0 aliphatic rings. The monoisotopic (exact) mass is 380 g/mol. The summed E-state index contributed by atoms with van der Waals surface area (Å²) in [5, 5.41) is 3.22. The number of benzene rings is 1. The quantitative estimate of drug-likeness (QED) is 0.756. The number of aromatic nitrogens is 3. The Morgan fingerprint density at radius 3 is 2.30 bits per heavy atom. The molecule has 0 aliphatic heterocycles. The first-order chi connectivity index (χ1) is 12.6. The van der Waals surface area contributed by atoms with Gasteiger partial charge in [-0.15, -0.1) is 13.2 Å². The minimum atomic E-state index is -4.77. The van der Waals surface area contributed by atoms with Crippen molar-refractivity contribution in [2.75, 3.05) is 5.32 Å². The van der Waals surface area contributed by atoms with E-state index in [0.717, 1.165) is 16.7 Å². The van der Waals surface area contributed by atoms with Crippen molar-refractivity contribution in [3.8, 4) is 5.75 Å². The first-order valence-electron chi connectivity index (χ1n) is 7.76. The van der Waals surface area contributed by atoms with E-state index in [0.29, 0.717) is 16.9 Å². The van der Waals surface area contributed by atoms with Crippen LogP contribution in [0, 0.1) is 6.92 Å². The van der Waals surface area contributed by atoms with Gasteiger partial charge in [-0.1, -0.05) is 0 Å². The number of halogens is 3. The molecule has 27 heavy (non-hydrogen) atoms. The maximum atomic E-state index is 12.6. The van der Waals surface area contributed by atoms with Crippen molar-refractivity contribution in [3.63, 3.8) is 0 Å². The van der Waals surface area contributed by atoms with Crippen molar-refractivity contribution in [3.05, 3.63) is 56.9 Å². The maximum absolute atomic E-state index is 12.6. The van der Waals surface area contributed by atoms with Crippen LogP contribution in [0.4, 0.5) is 24.5 Å². The minimum absolute atomic E-state index is 0.202. The lowest BCUT2D eigenvalue weighted by Gasteiger charge is -2.15. The smallest absolute Gasteiger partial charge is 0.406 e. The van der Waals surface area contributed by atoms with E-state index in [1.807, 2.05) is 0 Å². The van der Waals surface area contributed by atoms with Crippen molar-refractivity contribution in [1.82, 2.24) is 14.1 Å². The Hall–Kier alpha value is -3.30. The van der Waals surface area contributed by atoms with Gasteiger partial charge in [0.1, 0.15) is 11.1 Å². The summed E-state index contributed by atoms with van der Waals surface area (Å²) in [6.07, 6.45) is -3.27. The van der Waals surface area contributed by atoms with Gasteiger partial charge in [-0.05, 0) is 36.8 Å². The van der Waals surface area contributed by atoms with E-state index < -0.39 is 17.6 Å². The van der Waals surface area contributed by atoms with Crippen LogP contribution >= 0.6 is 0 Å². The molecule has 10 heteroatoms. The predicted octanol–water partition coefficient (Wildman–Crippen LogP) is 2.58. The van der Waals surface area contributed by atoms with E-state index in [4.69, 9.17) is 0 Å². The van der Waals surface area contributed by atoms with Crippen LogP contribution in [0.15, 0.2) is 40.1 Å². The molecule has 0 fully saturated rings. The van der Waals surface area contributed by atoms with Gasteiger partial charge in [0.05, 0.1) is 5.69 Å². The molecule has 2 heterocycles. The summed E-state index contributed by atoms with van der Waals surface area (Å²) in [6, 6.07) is 5.09. The Bertz CT molecular complexity index is 1130. The summed E-state index contributed by atoms with van der Waals surface area (Å²) in [7, 11) is 2.86. The highest BCUT2D eigenvalue weighted by molar-refractivity contribution is 5.92. The van der Waals surface area contributed by atoms with Crippen molar-refractivity contribution >= 4 is 22.4 Å². The minimum Gasteiger partial charge on any atom is -0.406 e. The SMILES string of the molecule is Cc1cnc2c(c1Nc1ccc(OC(F)(F)F)cc1)c(=O)n(C)c(=O)n2C. The van der Waals surface area contributed by atoms with Gasteiger partial charge in [-0.25, -0.2) is 9.78 Å². The molecule has 0 amide bonds. The number of anilines is 2. The van der Waals surface area contributed by atoms with Crippen molar-refractivity contribution in [2.24, 2.45) is 14.1 Å². The topological polar surface area (TPSA) is 78.2 Å². The molecule has 0 saturated carbocycles. The molecule has 0 bridgehead atoms. The third-order valence-corrected chi connectivity index (χ3v) is 4.02. The van der Waals surface area contributed by atoms with Crippen molar-refractivity contribution < 1.29 is 17.9 Å². The van der Waals surface area contributed by atoms with E-state index in [-0.39, 0.29) is 16.8 Å². The Balaban J connectivity index is 2.09. The lowest BCUT2D eigenvalue weighted by atomic mass is 10.1. The van der Waals surface area contributed by atoms with E-state index >= 15 is 0 Å². The van der Waals surface area contributed by atoms with Crippen LogP contribution in [-0.2, 0) is 14.1 Å². The molecule has 142 valence electrons. The summed E-state index contributed by atoms with van der Waals surface area (Å²) in [5.41, 5.74) is 0.658. The standard InChI is InChI=1S/C17H15F3N4O3/c1-9-8-21-14-12(15(25)24(3)16(26)23(14)2)13(9)22-10-4-6-11(7-5-10)27-17(18,19)20/h4-8H,1-3H3,(H,21,22). The molecule has 0 unspecified atom stereocenters. The molecular formula is C17H15F3N4O3. The van der Waals surface area contributed by atoms with Gasteiger partial charge in [0.2, 0.25) is 0 Å². The molecule has 2 aromatic heterocycles. The molecule has 1 N–H and O–H groups in total. The number of rotatable bonds is 3. The number of nitrogens with zero attached hydrogens (tertiary/aromatic N) is 3. The number of hydrogen-bond donors (Lipinski definition) is 1. The van der Waals surface area contributed by atoms with Gasteiger partial charge in [-0.3, -0.25) is 13.9 Å². The lowest BCUT2D eigenvalue weighted by Crippen LogP contribution is -2.37. The van der Waals surface area contributed by atoms with Crippen LogP contribution in [0.1, 0.15) is 5.56 Å². The highest BCUT2D eigenvalue weighted by atomic mass is 19.4. The highest BCUT2D eigenvalue weighted by Crippen LogP contribution is 2.28. The first-order valence-corrected chi connectivity index (χ1v) is 7.76. The zero-order valence-electron chi connectivity index (χ0n) is 14.6. The molecule has 0 atom stereocenters. The second-order valence-electron chi connectivity index (χ2n) is 5.92. The third-order valence-electron chi connectivity index (χ3n) is 4.02. The summed E-state index contributed by atoms with van der Waals surface area (Å²) in [4.78, 5) is 28.8. The van der Waals surface area contributed by atoms with E-state index in [1.165, 1.54) is 37.0 Å². The Labute approximate surface area is 150 Å². The second-order valence-corrected chi connectivity index (χ2v) is 5.92. The summed E-state index contributed by atoms with van der Waals surface area (Å²) in [6.45, 7) is 1.72. The van der Waals surface area contributed by atoms with E-state index in [9.17, 15) is 22.8 Å². The van der Waals surface area contributed by atoms with Gasteiger partial charge in [-0.2, -0.15) is 0 Å². The van der Waals surface area contributed by atoms with Crippen LogP contribution in [0.2, 0.25) is 0 Å². The van der Waals surface area contributed by atoms with Gasteiger partial charge < -0.3 is 10.1 Å². The molecule has 0 radical (unpaired) electrons. The second kappa shape index (κ2) is 6.45. The molecular weight excluding hydrogens is 365 g/mol. The fourth-order valence-corrected chi connectivity index (χ4v) is 2.67. The van der Waals surface area contributed by atoms with Crippen LogP contribution < -0.4 is 21.3 Å². The average molecular weight is 380 g/mol. The fraction of sp³-hybridized carbons (Fsp3) is 0.235. The van der Waals surface area contributed by atoms with Gasteiger partial charge in [0, 0.05) is 26.0 Å². The fourth-order valence-electron chi connectivity index (χ4n) is 2.67. The highest BCUT2D eigenvalue weighted by Gasteiger charge is 2.31. The average Bonchev–Trinajstić information content (AvgIpc) is 2.60. The molecule has 3 rings (SSSR count). The summed E-state index contributed by atoms with van der Waals surface area (Å²) in [5.74, 6) is -0.359. The van der Waals surface area contributed by atoms with E-state index in [2.05, 4.69) is 15.0 Å². The first kappa shape index (κ1) is 18.5. The van der Waals surface area contributed by atoms with Crippen LogP contribution in [-0.4, -0.2) is 20.5 Å². The lowest BCUT2D eigenvalue weighted by molar-refractivity contribution is -0.274. The summed E-state index contributed by atoms with van der Waals surface area (Å²) >= 11 is 0. The van der Waals surface area contributed by atoms with Crippen LogP contribution in [0.25, 0.3) is 11.0 Å². The molecule has 7 nitrogen and oxygen atoms in total. The van der Waals surface area contributed by atoms with E-state index in [1.54, 1.807) is 6.92 Å². The molecule has 0 spiro atoms. The number of hydrogen-bond acceptors (Lipinski definition) is 5. The number of fused-ring (bicyclic) bond motifs is 1. The Morgan fingerprint density at radius 1 is 1.07 bits per heavy atom. The molecule has 0 saturated heterocycles. The largest absolute Gasteiger partial charge is 0.573 e. The van der Waals surface area contributed by atoms with Gasteiger partial charge >= 0.3 is 12.1 Å². The molecule has 0 aliphatic carbocycles. The molecule has 1 aromatic carbocycles. The number of alkyl halides is 3. The van der Waals surface area contributed by atoms with Crippen molar-refractivity contribution in [1.29, 1.82) is 0 Å². The maximum Gasteiger partial charge on any atom is 0.573 e. The predicted molar refractivity (Wildman–Crippen MR) is 93.4 cm³/mol. The summed E-state index contributed by atoms with van der Waals surface area (Å²) < 4.78 is 42.8. The number of nitrogens with one attached hydrogen (secondary N) is 1. The number of aryl methyl sites for hydroxylation is 2. The normalized spacial score (nSPS) is 11.6. The third kappa shape index (κ3) is 3.50. The van der Waals surface area contributed by atoms with Gasteiger partial charge in [0.25, 0.3) is 5.56 Å². The Kier molecular flexibility index (Phi) is 4.42.